The van der Waals surface area contributed by atoms with Gasteiger partial charge >= 0.3 is 0 Å². The summed E-state index contributed by atoms with van der Waals surface area (Å²) >= 11 is 0. The van der Waals surface area contributed by atoms with Crippen molar-refractivity contribution in [3.63, 3.8) is 0 Å². The zero-order valence-electron chi connectivity index (χ0n) is 22.0. The van der Waals surface area contributed by atoms with Crippen LogP contribution >= 0.6 is 0 Å². The van der Waals surface area contributed by atoms with Gasteiger partial charge in [0.15, 0.2) is 0 Å². The lowest BCUT2D eigenvalue weighted by atomic mass is 9.89. The summed E-state index contributed by atoms with van der Waals surface area (Å²) in [5, 5.41) is 0. The van der Waals surface area contributed by atoms with Gasteiger partial charge in [-0.1, -0.05) is 83.1 Å². The Bertz CT molecular complexity index is 571. The summed E-state index contributed by atoms with van der Waals surface area (Å²) in [6.07, 6.45) is 1.50. The maximum absolute atomic E-state index is 5.02. The predicted molar refractivity (Wildman–Crippen MR) is 136 cm³/mol. The van der Waals surface area contributed by atoms with Crippen molar-refractivity contribution < 1.29 is 0 Å². The zero-order valence-corrected chi connectivity index (χ0v) is 22.0. The normalized spacial score (nSPS) is 22.5. The van der Waals surface area contributed by atoms with Gasteiger partial charge in [0.05, 0.1) is 22.8 Å². The van der Waals surface area contributed by atoms with E-state index in [1.807, 2.05) is 0 Å². The summed E-state index contributed by atoms with van der Waals surface area (Å²) in [4.78, 5) is 20.1. The van der Waals surface area contributed by atoms with Crippen LogP contribution in [0.25, 0.3) is 0 Å². The quantitative estimate of drug-likeness (QED) is 0.488. The van der Waals surface area contributed by atoms with E-state index in [0.29, 0.717) is 0 Å². The average molecular weight is 417 g/mol. The molecule has 4 nitrogen and oxygen atoms in total. The van der Waals surface area contributed by atoms with Crippen molar-refractivity contribution in [3.8, 4) is 0 Å². The van der Waals surface area contributed by atoms with Crippen molar-refractivity contribution in [3.05, 3.63) is 0 Å². The summed E-state index contributed by atoms with van der Waals surface area (Å²) < 4.78 is 0. The lowest BCUT2D eigenvalue weighted by Crippen LogP contribution is -2.36. The van der Waals surface area contributed by atoms with Crippen LogP contribution in [0.2, 0.25) is 0 Å². The molecule has 1 aliphatic carbocycles. The molecule has 172 valence electrons. The van der Waals surface area contributed by atoms with Gasteiger partial charge in [-0.25, -0.2) is 0 Å². The van der Waals surface area contributed by atoms with Crippen LogP contribution < -0.4 is 0 Å². The summed E-state index contributed by atoms with van der Waals surface area (Å²) in [5.41, 5.74) is 5.06. The second-order valence-corrected chi connectivity index (χ2v) is 13.6. The minimum Gasteiger partial charge on any atom is -0.287 e. The van der Waals surface area contributed by atoms with Crippen LogP contribution in [0.5, 0.6) is 0 Å². The first-order valence-electron chi connectivity index (χ1n) is 11.5. The van der Waals surface area contributed by atoms with E-state index in [-0.39, 0.29) is 21.7 Å². The van der Waals surface area contributed by atoms with E-state index in [4.69, 9.17) is 20.0 Å². The fourth-order valence-electron chi connectivity index (χ4n) is 2.64. The molecule has 0 aromatic heterocycles. The van der Waals surface area contributed by atoms with E-state index < -0.39 is 0 Å². The summed E-state index contributed by atoms with van der Waals surface area (Å²) in [5.74, 6) is 0. The molecule has 0 aromatic rings. The van der Waals surface area contributed by atoms with Gasteiger partial charge in [0, 0.05) is 39.0 Å². The molecule has 0 bridgehead atoms. The first-order valence-corrected chi connectivity index (χ1v) is 11.5. The van der Waals surface area contributed by atoms with Crippen LogP contribution in [0.3, 0.4) is 0 Å². The molecule has 0 atom stereocenters. The van der Waals surface area contributed by atoms with E-state index in [1.165, 1.54) is 0 Å². The second kappa shape index (κ2) is 9.87. The van der Waals surface area contributed by atoms with Gasteiger partial charge in [-0.05, 0) is 21.7 Å². The fourth-order valence-corrected chi connectivity index (χ4v) is 2.64. The van der Waals surface area contributed by atoms with E-state index >= 15 is 0 Å². The molecule has 4 heteroatoms. The molecule has 30 heavy (non-hydrogen) atoms. The Morgan fingerprint density at radius 1 is 0.400 bits per heavy atom. The highest BCUT2D eigenvalue weighted by Crippen LogP contribution is 2.21. The van der Waals surface area contributed by atoms with Gasteiger partial charge in [-0.3, -0.25) is 20.0 Å². The van der Waals surface area contributed by atoms with Gasteiger partial charge in [-0.2, -0.15) is 0 Å². The van der Waals surface area contributed by atoms with Crippen LogP contribution in [0, 0.1) is 21.7 Å². The molecule has 1 saturated carbocycles. The Balaban J connectivity index is 3.37. The van der Waals surface area contributed by atoms with Crippen molar-refractivity contribution in [2.75, 3.05) is 26.2 Å². The molecule has 0 amide bonds. The molecule has 0 unspecified atom stereocenters. The molecular formula is C26H48N4. The van der Waals surface area contributed by atoms with Gasteiger partial charge in [-0.15, -0.1) is 0 Å². The first kappa shape index (κ1) is 26.7. The third kappa shape index (κ3) is 11.8. The van der Waals surface area contributed by atoms with Crippen LogP contribution in [0.1, 0.15) is 95.9 Å². The molecule has 0 spiro atoms. The Morgan fingerprint density at radius 3 is 0.700 bits per heavy atom. The first-order chi connectivity index (χ1) is 13.3. The number of rotatable bonds is 4. The maximum atomic E-state index is 5.02. The number of hydrogen-bond donors (Lipinski definition) is 0. The van der Waals surface area contributed by atoms with Gasteiger partial charge < -0.3 is 0 Å². The second-order valence-electron chi connectivity index (χ2n) is 13.6. The molecule has 1 aliphatic rings. The topological polar surface area (TPSA) is 49.4 Å². The van der Waals surface area contributed by atoms with Crippen LogP contribution in [-0.2, 0) is 0 Å². The van der Waals surface area contributed by atoms with E-state index in [9.17, 15) is 0 Å². The third-order valence-corrected chi connectivity index (χ3v) is 4.31. The Morgan fingerprint density at radius 2 is 0.567 bits per heavy atom. The number of nitrogens with zero attached hydrogens (tertiary/aromatic N) is 4. The Labute approximate surface area is 186 Å². The van der Waals surface area contributed by atoms with Crippen LogP contribution in [-0.4, -0.2) is 49.0 Å². The highest BCUT2D eigenvalue weighted by molar-refractivity contribution is 6.63. The van der Waals surface area contributed by atoms with Crippen LogP contribution in [0.4, 0.5) is 0 Å². The third-order valence-electron chi connectivity index (χ3n) is 4.31. The molecule has 0 aromatic carbocycles. The monoisotopic (exact) mass is 416 g/mol. The molecule has 0 saturated heterocycles. The maximum Gasteiger partial charge on any atom is 0.0622 e. The average Bonchev–Trinajstić information content (AvgIpc) is 2.52. The predicted octanol–water partition coefficient (Wildman–Crippen LogP) is 6.73. The molecule has 1 rings (SSSR count). The lowest BCUT2D eigenvalue weighted by Gasteiger charge is -2.26. The summed E-state index contributed by atoms with van der Waals surface area (Å²) in [7, 11) is 0. The largest absolute Gasteiger partial charge is 0.287 e. The smallest absolute Gasteiger partial charge is 0.0622 e. The summed E-state index contributed by atoms with van der Waals surface area (Å²) in [6, 6.07) is 0. The van der Waals surface area contributed by atoms with Gasteiger partial charge in [0.1, 0.15) is 0 Å². The lowest BCUT2D eigenvalue weighted by molar-refractivity contribution is 0.427. The van der Waals surface area contributed by atoms with Crippen molar-refractivity contribution in [2.45, 2.75) is 95.9 Å². The summed E-state index contributed by atoms with van der Waals surface area (Å²) in [6.45, 7) is 30.0. The van der Waals surface area contributed by atoms with E-state index in [2.05, 4.69) is 83.1 Å². The van der Waals surface area contributed by atoms with E-state index in [1.54, 1.807) is 0 Å². The molecule has 1 fully saturated rings. The van der Waals surface area contributed by atoms with E-state index in [0.717, 1.165) is 61.9 Å². The highest BCUT2D eigenvalue weighted by Gasteiger charge is 2.27. The molecule has 0 heterocycles. The van der Waals surface area contributed by atoms with Gasteiger partial charge in [0.2, 0.25) is 0 Å². The van der Waals surface area contributed by atoms with Crippen molar-refractivity contribution in [2.24, 2.45) is 41.6 Å². The van der Waals surface area contributed by atoms with Crippen molar-refractivity contribution in [1.29, 1.82) is 0 Å². The Hall–Kier alpha value is -1.32. The fraction of sp³-hybridized carbons (Fsp3) is 0.846. The minimum atomic E-state index is 0.158. The molecular weight excluding hydrogens is 368 g/mol. The molecule has 0 aliphatic heterocycles. The minimum absolute atomic E-state index is 0.158. The van der Waals surface area contributed by atoms with Crippen LogP contribution in [0.15, 0.2) is 20.0 Å². The van der Waals surface area contributed by atoms with Gasteiger partial charge in [0.25, 0.3) is 0 Å². The SMILES string of the molecule is CC(C)(C)CN=C1CC(=NCC(C)(C)C)C(=NCC(C)(C)C)CC1=NCC(C)(C)C. The van der Waals surface area contributed by atoms with Crippen molar-refractivity contribution in [1.82, 2.24) is 0 Å². The standard InChI is InChI=1S/C26H48N4/c1-23(2,3)15-27-19-13-21(29-17-25(7,8)9)22(30-18-26(10,11)12)14-20(19)28-16-24(4,5)6/h13-18H2,1-12H3. The van der Waals surface area contributed by atoms with Crippen molar-refractivity contribution >= 4 is 22.8 Å². The zero-order chi connectivity index (χ0) is 23.4. The molecule has 0 radical (unpaired) electrons. The molecule has 0 N–H and O–H groups in total. The number of aliphatic imine (C=N–C) groups is 4. The highest BCUT2D eigenvalue weighted by atomic mass is 14.9. The number of hydrogen-bond acceptors (Lipinski definition) is 4. The Kier molecular flexibility index (Phi) is 8.79.